The highest BCUT2D eigenvalue weighted by atomic mass is 32.2. The van der Waals surface area contributed by atoms with Gasteiger partial charge in [-0.15, -0.1) is 11.8 Å². The molecule has 0 bridgehead atoms. The molecule has 0 saturated carbocycles. The first-order chi connectivity index (χ1) is 18.2. The van der Waals surface area contributed by atoms with Gasteiger partial charge in [0.2, 0.25) is 23.6 Å². The molecule has 4 N–H and O–H groups in total. The second-order valence-corrected chi connectivity index (χ2v) is 12.3. The lowest BCUT2D eigenvalue weighted by molar-refractivity contribution is -0.141. The van der Waals surface area contributed by atoms with Crippen LogP contribution >= 0.6 is 11.8 Å². The average molecular weight is 537 g/mol. The van der Waals surface area contributed by atoms with Gasteiger partial charge in [-0.3, -0.25) is 19.2 Å². The summed E-state index contributed by atoms with van der Waals surface area (Å²) in [6, 6.07) is 17.0. The monoisotopic (exact) mass is 536 g/mol. The van der Waals surface area contributed by atoms with Crippen molar-refractivity contribution in [3.8, 4) is 0 Å². The molecule has 202 valence electrons. The van der Waals surface area contributed by atoms with E-state index in [-0.39, 0.29) is 30.0 Å². The normalized spacial score (nSPS) is 21.3. The molecule has 2 heterocycles. The second-order valence-electron chi connectivity index (χ2n) is 10.5. The van der Waals surface area contributed by atoms with E-state index in [4.69, 9.17) is 5.73 Å². The van der Waals surface area contributed by atoms with Gasteiger partial charge in [-0.2, -0.15) is 0 Å². The minimum atomic E-state index is -0.994. The molecule has 0 spiro atoms. The summed E-state index contributed by atoms with van der Waals surface area (Å²) in [6.45, 7) is 3.92. The highest BCUT2D eigenvalue weighted by molar-refractivity contribution is 8.01. The highest BCUT2D eigenvalue weighted by Gasteiger charge is 2.53. The Balaban J connectivity index is 1.58. The van der Waals surface area contributed by atoms with Crippen LogP contribution < -0.4 is 16.4 Å². The van der Waals surface area contributed by atoms with Crippen LogP contribution in [0, 0.1) is 0 Å². The molecule has 2 aliphatic rings. The van der Waals surface area contributed by atoms with Crippen molar-refractivity contribution in [1.29, 1.82) is 0 Å². The van der Waals surface area contributed by atoms with E-state index in [0.717, 1.165) is 30.4 Å². The minimum Gasteiger partial charge on any atom is -0.370 e. The van der Waals surface area contributed by atoms with Crippen LogP contribution in [0.4, 0.5) is 0 Å². The molecule has 2 saturated heterocycles. The zero-order valence-electron chi connectivity index (χ0n) is 21.9. The Kier molecular flexibility index (Phi) is 8.76. The molecule has 4 amide bonds. The van der Waals surface area contributed by atoms with Gasteiger partial charge in [-0.05, 0) is 44.2 Å². The van der Waals surface area contributed by atoms with Crippen molar-refractivity contribution in [1.82, 2.24) is 15.5 Å². The Morgan fingerprint density at radius 2 is 1.61 bits per heavy atom. The van der Waals surface area contributed by atoms with E-state index in [0.29, 0.717) is 6.42 Å². The standard InChI is InChI=1S/C29H36N4O4S/c1-29(2)26(33-23(35)15-9-10-16-24(33)38-29)28(37)31-21(17-18-22(30)34)27(36)32-25(19-11-5-3-6-12-19)20-13-7-4-8-14-20/h3-8,11-14,21,24-26H,9-10,15-18H2,1-2H3,(H2,30,34)(H,31,37)(H,32,36)/t21-,24+,26+/m0/s1. The first kappa shape index (κ1) is 27.7. The van der Waals surface area contributed by atoms with E-state index in [1.165, 1.54) is 0 Å². The molecule has 2 aliphatic heterocycles. The van der Waals surface area contributed by atoms with E-state index < -0.39 is 34.7 Å². The molecule has 2 aromatic carbocycles. The van der Waals surface area contributed by atoms with Crippen molar-refractivity contribution in [3.05, 3.63) is 71.8 Å². The highest BCUT2D eigenvalue weighted by Crippen LogP contribution is 2.47. The quantitative estimate of drug-likeness (QED) is 0.454. The summed E-state index contributed by atoms with van der Waals surface area (Å²) in [5.74, 6) is -1.39. The number of fused-ring (bicyclic) bond motifs is 1. The Bertz CT molecular complexity index is 1120. The Morgan fingerprint density at radius 1 is 1.00 bits per heavy atom. The fourth-order valence-electron chi connectivity index (χ4n) is 5.34. The molecule has 0 radical (unpaired) electrons. The molecule has 2 fully saturated rings. The van der Waals surface area contributed by atoms with Gasteiger partial charge >= 0.3 is 0 Å². The van der Waals surface area contributed by atoms with Crippen LogP contribution in [0.3, 0.4) is 0 Å². The number of nitrogens with zero attached hydrogens (tertiary/aromatic N) is 1. The molecule has 3 atom stereocenters. The van der Waals surface area contributed by atoms with Gasteiger partial charge in [0.1, 0.15) is 12.1 Å². The topological polar surface area (TPSA) is 122 Å². The molecular weight excluding hydrogens is 500 g/mol. The molecule has 0 aromatic heterocycles. The van der Waals surface area contributed by atoms with Crippen molar-refractivity contribution < 1.29 is 19.2 Å². The van der Waals surface area contributed by atoms with Crippen LogP contribution in [0.15, 0.2) is 60.7 Å². The Labute approximate surface area is 228 Å². The maximum Gasteiger partial charge on any atom is 0.244 e. The van der Waals surface area contributed by atoms with Gasteiger partial charge < -0.3 is 21.3 Å². The van der Waals surface area contributed by atoms with Gasteiger partial charge in [0.25, 0.3) is 0 Å². The summed E-state index contributed by atoms with van der Waals surface area (Å²) in [6.07, 6.45) is 3.00. The summed E-state index contributed by atoms with van der Waals surface area (Å²) in [5.41, 5.74) is 7.18. The van der Waals surface area contributed by atoms with Crippen molar-refractivity contribution in [2.24, 2.45) is 5.73 Å². The number of primary amides is 1. The molecule has 0 aliphatic carbocycles. The van der Waals surface area contributed by atoms with E-state index in [1.54, 1.807) is 16.7 Å². The number of thioether (sulfide) groups is 1. The molecule has 4 rings (SSSR count). The zero-order valence-corrected chi connectivity index (χ0v) is 22.7. The maximum absolute atomic E-state index is 13.7. The number of rotatable bonds is 9. The lowest BCUT2D eigenvalue weighted by Gasteiger charge is -2.33. The molecular formula is C29H36N4O4S. The molecule has 9 heteroatoms. The van der Waals surface area contributed by atoms with Gasteiger partial charge in [-0.1, -0.05) is 67.1 Å². The first-order valence-corrected chi connectivity index (χ1v) is 14.0. The number of nitrogens with one attached hydrogen (secondary N) is 2. The van der Waals surface area contributed by atoms with E-state index in [9.17, 15) is 19.2 Å². The SMILES string of the molecule is CC1(C)S[C@@H]2CCCCC(=O)N2[C@@H]1C(=O)N[C@@H](CCC(N)=O)C(=O)NC(c1ccccc1)c1ccccc1. The third-order valence-electron chi connectivity index (χ3n) is 7.18. The number of nitrogens with two attached hydrogens (primary N) is 1. The lowest BCUT2D eigenvalue weighted by atomic mass is 9.97. The predicted molar refractivity (Wildman–Crippen MR) is 148 cm³/mol. The first-order valence-electron chi connectivity index (χ1n) is 13.2. The van der Waals surface area contributed by atoms with Gasteiger partial charge in [0.15, 0.2) is 0 Å². The lowest BCUT2D eigenvalue weighted by Crippen LogP contribution is -2.58. The van der Waals surface area contributed by atoms with Crippen LogP contribution in [0.2, 0.25) is 0 Å². The third-order valence-corrected chi connectivity index (χ3v) is 8.75. The minimum absolute atomic E-state index is 0.0305. The average Bonchev–Trinajstić information content (AvgIpc) is 3.06. The second kappa shape index (κ2) is 12.0. The fraction of sp³-hybridized carbons (Fsp3) is 0.448. The van der Waals surface area contributed by atoms with Crippen molar-refractivity contribution in [3.63, 3.8) is 0 Å². The number of benzene rings is 2. The molecule has 0 unspecified atom stereocenters. The number of carbonyl (C=O) groups is 4. The van der Waals surface area contributed by atoms with Crippen LogP contribution in [0.5, 0.6) is 0 Å². The maximum atomic E-state index is 13.7. The summed E-state index contributed by atoms with van der Waals surface area (Å²) < 4.78 is -0.525. The van der Waals surface area contributed by atoms with Crippen LogP contribution in [-0.4, -0.2) is 50.7 Å². The van der Waals surface area contributed by atoms with Crippen LogP contribution in [0.1, 0.15) is 69.5 Å². The summed E-state index contributed by atoms with van der Waals surface area (Å²) in [4.78, 5) is 53.7. The summed E-state index contributed by atoms with van der Waals surface area (Å²) in [5, 5.41) is 5.90. The van der Waals surface area contributed by atoms with Crippen molar-refractivity contribution >= 4 is 35.4 Å². The van der Waals surface area contributed by atoms with E-state index in [2.05, 4.69) is 10.6 Å². The number of carbonyl (C=O) groups excluding carboxylic acids is 4. The summed E-state index contributed by atoms with van der Waals surface area (Å²) >= 11 is 1.63. The molecule has 8 nitrogen and oxygen atoms in total. The molecule has 2 aromatic rings. The van der Waals surface area contributed by atoms with Gasteiger partial charge in [0, 0.05) is 17.6 Å². The number of hydrogen-bond donors (Lipinski definition) is 3. The van der Waals surface area contributed by atoms with Gasteiger partial charge in [-0.25, -0.2) is 0 Å². The predicted octanol–water partition coefficient (Wildman–Crippen LogP) is 3.27. The van der Waals surface area contributed by atoms with Crippen molar-refractivity contribution in [2.75, 3.05) is 0 Å². The van der Waals surface area contributed by atoms with Gasteiger partial charge in [0.05, 0.1) is 11.4 Å². The number of hydrogen-bond acceptors (Lipinski definition) is 5. The molecule has 38 heavy (non-hydrogen) atoms. The summed E-state index contributed by atoms with van der Waals surface area (Å²) in [7, 11) is 0. The zero-order chi connectivity index (χ0) is 27.3. The van der Waals surface area contributed by atoms with Crippen LogP contribution in [0.25, 0.3) is 0 Å². The Morgan fingerprint density at radius 3 is 2.18 bits per heavy atom. The van der Waals surface area contributed by atoms with E-state index in [1.807, 2.05) is 74.5 Å². The fourth-order valence-corrected chi connectivity index (χ4v) is 7.03. The van der Waals surface area contributed by atoms with E-state index >= 15 is 0 Å². The third kappa shape index (κ3) is 6.38. The smallest absolute Gasteiger partial charge is 0.244 e. The Hall–Kier alpha value is -3.33. The van der Waals surface area contributed by atoms with Crippen molar-refractivity contribution in [2.45, 2.75) is 80.6 Å². The largest absolute Gasteiger partial charge is 0.370 e. The number of amides is 4. The van der Waals surface area contributed by atoms with Crippen LogP contribution in [-0.2, 0) is 19.2 Å².